The van der Waals surface area contributed by atoms with E-state index in [1.54, 1.807) is 24.3 Å². The molecule has 0 aliphatic carbocycles. The number of halogens is 1. The highest BCUT2D eigenvalue weighted by Crippen LogP contribution is 2.30. The van der Waals surface area contributed by atoms with Gasteiger partial charge in [0.05, 0.1) is 0 Å². The van der Waals surface area contributed by atoms with E-state index in [-0.39, 0.29) is 16.3 Å². The molecule has 10 heteroatoms. The molecule has 0 aliphatic rings. The minimum atomic E-state index is -4.05. The lowest BCUT2D eigenvalue weighted by molar-refractivity contribution is 0.484. The van der Waals surface area contributed by atoms with E-state index in [0.29, 0.717) is 11.3 Å². The minimum Gasteiger partial charge on any atom is -0.376 e. The lowest BCUT2D eigenvalue weighted by Crippen LogP contribution is -2.11. The van der Waals surface area contributed by atoms with Gasteiger partial charge in [-0.15, -0.1) is 14.8 Å². The molecule has 4 rings (SSSR count). The molecule has 130 valence electrons. The van der Waals surface area contributed by atoms with Crippen molar-refractivity contribution in [1.82, 2.24) is 25.3 Å². The molecule has 2 heterocycles. The van der Waals surface area contributed by atoms with Crippen LogP contribution in [0.1, 0.15) is 0 Å². The largest absolute Gasteiger partial charge is 0.376 e. The predicted octanol–water partition coefficient (Wildman–Crippen LogP) is 2.72. The van der Waals surface area contributed by atoms with Gasteiger partial charge in [0.1, 0.15) is 10.6 Å². The maximum absolute atomic E-state index is 12.6. The fourth-order valence-electron chi connectivity index (χ4n) is 2.30. The number of fused-ring (bicyclic) bond motifs is 1. The molecule has 0 saturated carbocycles. The van der Waals surface area contributed by atoms with Crippen LogP contribution < -0.4 is 4.18 Å². The summed E-state index contributed by atoms with van der Waals surface area (Å²) in [5, 5.41) is 15.3. The van der Waals surface area contributed by atoms with Crippen molar-refractivity contribution < 1.29 is 12.6 Å². The number of hydrogen-bond donors (Lipinski definition) is 0. The quantitative estimate of drug-likeness (QED) is 0.457. The molecular weight excluding hydrogens is 422 g/mol. The van der Waals surface area contributed by atoms with Crippen LogP contribution in [-0.2, 0) is 10.1 Å². The van der Waals surface area contributed by atoms with Crippen molar-refractivity contribution in [2.24, 2.45) is 0 Å². The molecule has 26 heavy (non-hydrogen) atoms. The van der Waals surface area contributed by atoms with E-state index in [1.165, 1.54) is 22.8 Å². The molecule has 0 fully saturated rings. The highest BCUT2D eigenvalue weighted by atomic mass is 79.9. The van der Waals surface area contributed by atoms with Gasteiger partial charge in [-0.1, -0.05) is 46.3 Å². The normalized spacial score (nSPS) is 11.6. The Balaban J connectivity index is 1.83. The van der Waals surface area contributed by atoms with Gasteiger partial charge in [0, 0.05) is 16.1 Å². The smallest absolute Gasteiger partial charge is 0.339 e. The number of benzene rings is 2. The van der Waals surface area contributed by atoms with Crippen LogP contribution in [0.15, 0.2) is 70.0 Å². The van der Waals surface area contributed by atoms with Crippen molar-refractivity contribution in [2.45, 2.75) is 4.90 Å². The van der Waals surface area contributed by atoms with E-state index in [0.717, 1.165) is 4.47 Å². The Labute approximate surface area is 156 Å². The fraction of sp³-hybridized carbons (Fsp3) is 0. The van der Waals surface area contributed by atoms with Gasteiger partial charge in [0.25, 0.3) is 0 Å². The van der Waals surface area contributed by atoms with Gasteiger partial charge in [-0.05, 0) is 34.7 Å². The summed E-state index contributed by atoms with van der Waals surface area (Å²) in [6.07, 6.45) is 0. The Bertz CT molecular complexity index is 1180. The van der Waals surface area contributed by atoms with Gasteiger partial charge >= 0.3 is 10.1 Å². The molecule has 2 aromatic carbocycles. The van der Waals surface area contributed by atoms with Crippen LogP contribution in [-0.4, -0.2) is 33.7 Å². The van der Waals surface area contributed by atoms with E-state index in [2.05, 4.69) is 36.6 Å². The minimum absolute atomic E-state index is 0.0270. The van der Waals surface area contributed by atoms with Crippen molar-refractivity contribution in [3.63, 3.8) is 0 Å². The van der Waals surface area contributed by atoms with E-state index in [1.807, 2.05) is 18.2 Å². The summed E-state index contributed by atoms with van der Waals surface area (Å²) in [7, 11) is -4.05. The first-order valence-electron chi connectivity index (χ1n) is 7.38. The number of tetrazole rings is 1. The predicted molar refractivity (Wildman–Crippen MR) is 96.0 cm³/mol. The van der Waals surface area contributed by atoms with Crippen molar-refractivity contribution in [2.75, 3.05) is 0 Å². The van der Waals surface area contributed by atoms with Crippen LogP contribution >= 0.6 is 15.9 Å². The van der Waals surface area contributed by atoms with E-state index < -0.39 is 10.1 Å². The molecule has 0 radical (unpaired) electrons. The summed E-state index contributed by atoms with van der Waals surface area (Å²) in [5.74, 6) is 0.0430. The van der Waals surface area contributed by atoms with Crippen molar-refractivity contribution >= 4 is 31.7 Å². The first-order chi connectivity index (χ1) is 12.5. The summed E-state index contributed by atoms with van der Waals surface area (Å²) in [4.78, 5) is 0.0270. The van der Waals surface area contributed by atoms with Crippen LogP contribution in [0.3, 0.4) is 0 Å². The van der Waals surface area contributed by atoms with Crippen molar-refractivity contribution in [3.8, 4) is 17.0 Å². The molecule has 0 bridgehead atoms. The molecule has 0 aliphatic heterocycles. The maximum Gasteiger partial charge on any atom is 0.339 e. The van der Waals surface area contributed by atoms with Crippen LogP contribution in [0, 0.1) is 0 Å². The molecule has 0 atom stereocenters. The number of rotatable bonds is 4. The summed E-state index contributed by atoms with van der Waals surface area (Å²) < 4.78 is 32.6. The van der Waals surface area contributed by atoms with Gasteiger partial charge in [-0.2, -0.15) is 8.42 Å². The zero-order valence-electron chi connectivity index (χ0n) is 13.0. The number of aromatic nitrogens is 5. The Morgan fingerprint density at radius 2 is 1.73 bits per heavy atom. The van der Waals surface area contributed by atoms with Gasteiger partial charge in [0.15, 0.2) is 5.75 Å². The third kappa shape index (κ3) is 3.16. The number of nitrogens with zero attached hydrogens (tertiary/aromatic N) is 5. The van der Waals surface area contributed by atoms with Gasteiger partial charge in [-0.3, -0.25) is 0 Å². The molecule has 2 aromatic heterocycles. The van der Waals surface area contributed by atoms with E-state index in [4.69, 9.17) is 4.18 Å². The highest BCUT2D eigenvalue weighted by Gasteiger charge is 2.21. The summed E-state index contributed by atoms with van der Waals surface area (Å²) >= 11 is 3.27. The second-order valence-electron chi connectivity index (χ2n) is 5.24. The maximum atomic E-state index is 12.6. The zero-order chi connectivity index (χ0) is 18.1. The molecule has 0 unspecified atom stereocenters. The molecule has 4 aromatic rings. The van der Waals surface area contributed by atoms with Crippen LogP contribution in [0.2, 0.25) is 0 Å². The second-order valence-corrected chi connectivity index (χ2v) is 7.70. The second kappa shape index (κ2) is 6.46. The van der Waals surface area contributed by atoms with Crippen molar-refractivity contribution in [1.29, 1.82) is 0 Å². The third-order valence-electron chi connectivity index (χ3n) is 3.51. The van der Waals surface area contributed by atoms with Gasteiger partial charge < -0.3 is 4.18 Å². The molecule has 0 amide bonds. The Hall–Kier alpha value is -2.85. The zero-order valence-corrected chi connectivity index (χ0v) is 15.4. The molecular formula is C16H10BrN5O3S. The molecule has 0 saturated heterocycles. The lowest BCUT2D eigenvalue weighted by atomic mass is 10.1. The van der Waals surface area contributed by atoms with Crippen LogP contribution in [0.5, 0.6) is 5.75 Å². The van der Waals surface area contributed by atoms with Gasteiger partial charge in [0.2, 0.25) is 5.65 Å². The van der Waals surface area contributed by atoms with E-state index in [9.17, 15) is 8.42 Å². The Morgan fingerprint density at radius 1 is 1.00 bits per heavy atom. The third-order valence-corrected chi connectivity index (χ3v) is 5.29. The van der Waals surface area contributed by atoms with E-state index >= 15 is 0 Å². The van der Waals surface area contributed by atoms with Crippen molar-refractivity contribution in [3.05, 3.63) is 65.1 Å². The average molecular weight is 432 g/mol. The molecule has 8 nitrogen and oxygen atoms in total. The Morgan fingerprint density at radius 3 is 2.46 bits per heavy atom. The molecule has 0 spiro atoms. The fourth-order valence-corrected chi connectivity index (χ4v) is 3.50. The summed E-state index contributed by atoms with van der Waals surface area (Å²) in [5.41, 5.74) is 1.25. The SMILES string of the molecule is O=S(=O)(Oc1cc2nnnn2nc1-c1ccccc1)c1ccc(Br)cc1. The monoisotopic (exact) mass is 431 g/mol. The summed E-state index contributed by atoms with van der Waals surface area (Å²) in [6, 6.07) is 16.6. The lowest BCUT2D eigenvalue weighted by Gasteiger charge is -2.11. The highest BCUT2D eigenvalue weighted by molar-refractivity contribution is 9.10. The topological polar surface area (TPSA) is 99.3 Å². The van der Waals surface area contributed by atoms with Crippen LogP contribution in [0.25, 0.3) is 16.9 Å². The first kappa shape index (κ1) is 16.6. The summed E-state index contributed by atoms with van der Waals surface area (Å²) in [6.45, 7) is 0. The standard InChI is InChI=1S/C16H10BrN5O3S/c17-12-6-8-13(9-7-12)26(23,24)25-14-10-15-18-20-21-22(15)19-16(14)11-4-2-1-3-5-11/h1-10H. The first-order valence-corrected chi connectivity index (χ1v) is 9.58. The number of hydrogen-bond acceptors (Lipinski definition) is 7. The van der Waals surface area contributed by atoms with Crippen LogP contribution in [0.4, 0.5) is 0 Å². The molecule has 0 N–H and O–H groups in total. The Kier molecular flexibility index (Phi) is 4.13. The average Bonchev–Trinajstić information content (AvgIpc) is 3.09. The van der Waals surface area contributed by atoms with Gasteiger partial charge in [-0.25, -0.2) is 0 Å².